The first-order valence-corrected chi connectivity index (χ1v) is 9.43. The Balaban J connectivity index is 1.58. The molecule has 0 amide bonds. The Bertz CT molecular complexity index is 479. The van der Waals surface area contributed by atoms with Gasteiger partial charge in [-0.05, 0) is 65.6 Å². The minimum absolute atomic E-state index is 0.514. The quantitative estimate of drug-likeness (QED) is 0.923. The van der Waals surface area contributed by atoms with Gasteiger partial charge in [-0.25, -0.2) is 4.98 Å². The second kappa shape index (κ2) is 6.95. The van der Waals surface area contributed by atoms with E-state index in [2.05, 4.69) is 9.80 Å². The fraction of sp³-hybridized carbons (Fsp3) is 0.824. The normalized spacial score (nSPS) is 26.9. The van der Waals surface area contributed by atoms with E-state index in [-0.39, 0.29) is 0 Å². The summed E-state index contributed by atoms with van der Waals surface area (Å²) in [5.74, 6) is 0. The van der Waals surface area contributed by atoms with Gasteiger partial charge in [0.1, 0.15) is 5.01 Å². The molecule has 1 aromatic rings. The molecule has 5 heteroatoms. The van der Waals surface area contributed by atoms with Crippen molar-refractivity contribution < 1.29 is 5.11 Å². The van der Waals surface area contributed by atoms with Gasteiger partial charge in [0.15, 0.2) is 0 Å². The number of rotatable bonds is 4. The number of fused-ring (bicyclic) bond motifs is 1. The van der Waals surface area contributed by atoms with Crippen molar-refractivity contribution in [3.8, 4) is 0 Å². The Morgan fingerprint density at radius 1 is 1.18 bits per heavy atom. The summed E-state index contributed by atoms with van der Waals surface area (Å²) in [7, 11) is 4.08. The van der Waals surface area contributed by atoms with Crippen LogP contribution in [0.3, 0.4) is 0 Å². The molecule has 1 atom stereocenters. The second-order valence-corrected chi connectivity index (χ2v) is 8.44. The molecule has 124 valence electrons. The number of aromatic nitrogens is 1. The first kappa shape index (κ1) is 16.4. The van der Waals surface area contributed by atoms with Crippen LogP contribution in [0.4, 0.5) is 0 Å². The fourth-order valence-electron chi connectivity index (χ4n) is 3.80. The summed E-state index contributed by atoms with van der Waals surface area (Å²) in [5, 5.41) is 12.0. The smallest absolute Gasteiger partial charge is 0.107 e. The largest absolute Gasteiger partial charge is 0.389 e. The van der Waals surface area contributed by atoms with E-state index in [1.54, 1.807) is 0 Å². The number of aliphatic hydroxyl groups is 1. The third-order valence-electron chi connectivity index (χ3n) is 4.87. The Labute approximate surface area is 138 Å². The van der Waals surface area contributed by atoms with Gasteiger partial charge in [0.05, 0.1) is 17.8 Å². The van der Waals surface area contributed by atoms with Crippen molar-refractivity contribution >= 4 is 11.3 Å². The molecule has 22 heavy (non-hydrogen) atoms. The van der Waals surface area contributed by atoms with Crippen LogP contribution in [0.15, 0.2) is 0 Å². The molecule has 0 spiro atoms. The number of hydrogen-bond acceptors (Lipinski definition) is 5. The Kier molecular flexibility index (Phi) is 5.17. The van der Waals surface area contributed by atoms with Crippen LogP contribution in [-0.2, 0) is 19.4 Å². The molecule has 1 aromatic heterocycles. The molecule has 1 aliphatic heterocycles. The van der Waals surface area contributed by atoms with Gasteiger partial charge in [0, 0.05) is 18.0 Å². The van der Waals surface area contributed by atoms with Crippen molar-refractivity contribution in [1.82, 2.24) is 14.8 Å². The number of thiazole rings is 1. The van der Waals surface area contributed by atoms with E-state index in [1.165, 1.54) is 41.3 Å². The maximum absolute atomic E-state index is 10.8. The second-order valence-electron chi connectivity index (χ2n) is 7.28. The highest BCUT2D eigenvalue weighted by Crippen LogP contribution is 2.29. The third kappa shape index (κ3) is 4.07. The van der Waals surface area contributed by atoms with Gasteiger partial charge in [0.25, 0.3) is 0 Å². The van der Waals surface area contributed by atoms with Crippen LogP contribution in [0.1, 0.15) is 47.7 Å². The van der Waals surface area contributed by atoms with E-state index < -0.39 is 5.60 Å². The van der Waals surface area contributed by atoms with Gasteiger partial charge >= 0.3 is 0 Å². The summed E-state index contributed by atoms with van der Waals surface area (Å²) in [5.41, 5.74) is 0.852. The van der Waals surface area contributed by atoms with Gasteiger partial charge in [0.2, 0.25) is 0 Å². The Morgan fingerprint density at radius 3 is 2.77 bits per heavy atom. The maximum atomic E-state index is 10.8. The zero-order valence-electron chi connectivity index (χ0n) is 14.0. The highest BCUT2D eigenvalue weighted by atomic mass is 32.1. The molecule has 0 saturated carbocycles. The molecule has 2 heterocycles. The van der Waals surface area contributed by atoms with E-state index in [9.17, 15) is 5.11 Å². The van der Waals surface area contributed by atoms with E-state index in [0.717, 1.165) is 45.4 Å². The van der Waals surface area contributed by atoms with Crippen LogP contribution < -0.4 is 0 Å². The molecule has 1 aliphatic carbocycles. The summed E-state index contributed by atoms with van der Waals surface area (Å²) in [6, 6.07) is 0. The van der Waals surface area contributed by atoms with Crippen molar-refractivity contribution in [2.75, 3.05) is 33.7 Å². The molecule has 4 nitrogen and oxygen atoms in total. The lowest BCUT2D eigenvalue weighted by Gasteiger charge is -2.29. The van der Waals surface area contributed by atoms with Crippen molar-refractivity contribution in [3.63, 3.8) is 0 Å². The lowest BCUT2D eigenvalue weighted by atomic mass is 9.94. The predicted molar refractivity (Wildman–Crippen MR) is 91.4 cm³/mol. The van der Waals surface area contributed by atoms with Gasteiger partial charge in [-0.15, -0.1) is 11.3 Å². The van der Waals surface area contributed by atoms with Crippen LogP contribution in [0.25, 0.3) is 0 Å². The topological polar surface area (TPSA) is 39.6 Å². The average Bonchev–Trinajstić information content (AvgIpc) is 2.77. The van der Waals surface area contributed by atoms with Gasteiger partial charge in [-0.3, -0.25) is 4.90 Å². The number of aryl methyl sites for hydroxylation is 2. The van der Waals surface area contributed by atoms with Crippen molar-refractivity contribution in [2.24, 2.45) is 0 Å². The van der Waals surface area contributed by atoms with E-state index in [1.807, 2.05) is 25.4 Å². The van der Waals surface area contributed by atoms with Crippen molar-refractivity contribution in [3.05, 3.63) is 15.6 Å². The summed E-state index contributed by atoms with van der Waals surface area (Å²) >= 11 is 1.92. The number of nitrogens with zero attached hydrogens (tertiary/aromatic N) is 3. The average molecular weight is 324 g/mol. The van der Waals surface area contributed by atoms with Crippen molar-refractivity contribution in [1.29, 1.82) is 0 Å². The zero-order chi connectivity index (χ0) is 15.6. The predicted octanol–water partition coefficient (Wildman–Crippen LogP) is 2.30. The summed E-state index contributed by atoms with van der Waals surface area (Å²) in [6.07, 6.45) is 7.90. The SMILES string of the molecule is CN(C)C[C@@]1(O)CCCN(Cc2nc3c(s2)CCCC3)CC1. The Morgan fingerprint density at radius 2 is 2.00 bits per heavy atom. The van der Waals surface area contributed by atoms with Gasteiger partial charge in [-0.2, -0.15) is 0 Å². The van der Waals surface area contributed by atoms with E-state index >= 15 is 0 Å². The van der Waals surface area contributed by atoms with E-state index in [4.69, 9.17) is 4.98 Å². The number of likely N-dealkylation sites (N-methyl/N-ethyl adjacent to an activating group) is 1. The zero-order valence-corrected chi connectivity index (χ0v) is 14.8. The molecule has 0 radical (unpaired) electrons. The number of hydrogen-bond donors (Lipinski definition) is 1. The van der Waals surface area contributed by atoms with Crippen LogP contribution in [0, 0.1) is 0 Å². The molecule has 0 bridgehead atoms. The molecule has 2 aliphatic rings. The highest BCUT2D eigenvalue weighted by molar-refractivity contribution is 7.11. The molecule has 1 fully saturated rings. The lowest BCUT2D eigenvalue weighted by Crippen LogP contribution is -2.40. The highest BCUT2D eigenvalue weighted by Gasteiger charge is 2.31. The minimum Gasteiger partial charge on any atom is -0.389 e. The Hall–Kier alpha value is -0.490. The molecule has 0 aromatic carbocycles. The lowest BCUT2D eigenvalue weighted by molar-refractivity contribution is 0.00257. The standard InChI is InChI=1S/C17H29N3OS/c1-19(2)13-17(21)8-5-10-20(11-9-17)12-16-18-14-6-3-4-7-15(14)22-16/h21H,3-13H2,1-2H3/t17-/m1/s1. The van der Waals surface area contributed by atoms with Crippen LogP contribution in [0.2, 0.25) is 0 Å². The van der Waals surface area contributed by atoms with Crippen LogP contribution >= 0.6 is 11.3 Å². The molecular weight excluding hydrogens is 294 g/mol. The molecular formula is C17H29N3OS. The minimum atomic E-state index is -0.514. The van der Waals surface area contributed by atoms with Crippen LogP contribution in [-0.4, -0.2) is 59.2 Å². The summed E-state index contributed by atoms with van der Waals surface area (Å²) in [6.45, 7) is 3.80. The fourth-order valence-corrected chi connectivity index (χ4v) is 5.00. The van der Waals surface area contributed by atoms with Gasteiger partial charge < -0.3 is 10.0 Å². The maximum Gasteiger partial charge on any atom is 0.107 e. The van der Waals surface area contributed by atoms with Gasteiger partial charge in [-0.1, -0.05) is 0 Å². The molecule has 0 unspecified atom stereocenters. The summed E-state index contributed by atoms with van der Waals surface area (Å²) in [4.78, 5) is 11.0. The first-order valence-electron chi connectivity index (χ1n) is 8.61. The number of likely N-dealkylation sites (tertiary alicyclic amines) is 1. The monoisotopic (exact) mass is 323 g/mol. The molecule has 1 saturated heterocycles. The first-order chi connectivity index (χ1) is 10.5. The third-order valence-corrected chi connectivity index (χ3v) is 6.01. The molecule has 1 N–H and O–H groups in total. The summed E-state index contributed by atoms with van der Waals surface area (Å²) < 4.78 is 0. The van der Waals surface area contributed by atoms with Crippen LogP contribution in [0.5, 0.6) is 0 Å². The molecule has 3 rings (SSSR count). The van der Waals surface area contributed by atoms with Crippen molar-refractivity contribution in [2.45, 2.75) is 57.1 Å². The van der Waals surface area contributed by atoms with E-state index in [0.29, 0.717) is 0 Å².